The number of rotatable bonds is 6. The predicted molar refractivity (Wildman–Crippen MR) is 169 cm³/mol. The second kappa shape index (κ2) is 12.9. The number of carbonyl (C=O) groups excluding carboxylic acids is 3. The van der Waals surface area contributed by atoms with E-state index in [1.165, 1.54) is 36.5 Å². The topological polar surface area (TPSA) is 184 Å². The van der Waals surface area contributed by atoms with Gasteiger partial charge < -0.3 is 29.9 Å². The molecule has 0 spiro atoms. The van der Waals surface area contributed by atoms with Crippen LogP contribution in [0, 0.1) is 17.2 Å². The van der Waals surface area contributed by atoms with Crippen LogP contribution < -0.4 is 10.9 Å². The Balaban J connectivity index is 1.20. The Morgan fingerprint density at radius 3 is 2.46 bits per heavy atom. The summed E-state index contributed by atoms with van der Waals surface area (Å²) in [5.74, 6) is -2.19. The van der Waals surface area contributed by atoms with E-state index in [-0.39, 0.29) is 47.5 Å². The van der Waals surface area contributed by atoms with Crippen molar-refractivity contribution in [3.05, 3.63) is 81.8 Å². The number of alkyl halides is 2. The average molecular weight is 682 g/mol. The minimum Gasteiger partial charge on any atom is -0.340 e. The molecule has 252 valence electrons. The molecular weight excluding hydrogens is 647 g/mol. The first-order chi connectivity index (χ1) is 22.8. The molecule has 1 unspecified atom stereocenters. The molecule has 3 aliphatic heterocycles. The smallest absolute Gasteiger partial charge is 0.340 e. The molecule has 3 saturated heterocycles. The summed E-state index contributed by atoms with van der Waals surface area (Å²) in [6.45, 7) is 0.396. The van der Waals surface area contributed by atoms with E-state index in [4.69, 9.17) is 9.79 Å². The molecule has 6 rings (SSSR count). The zero-order valence-corrected chi connectivity index (χ0v) is 26.6. The Morgan fingerprint density at radius 2 is 1.73 bits per heavy atom. The van der Waals surface area contributed by atoms with Crippen molar-refractivity contribution in [2.75, 3.05) is 13.1 Å². The summed E-state index contributed by atoms with van der Waals surface area (Å²) in [7, 11) is -5.80. The number of H-pyrrole nitrogens is 1. The average Bonchev–Trinajstić information content (AvgIpc) is 3.68. The second-order valence-corrected chi connectivity index (χ2v) is 14.4. The number of halogens is 2. The van der Waals surface area contributed by atoms with Crippen molar-refractivity contribution in [3.8, 4) is 6.07 Å². The van der Waals surface area contributed by atoms with Gasteiger partial charge in [0.1, 0.15) is 12.1 Å². The fraction of sp³-hybridized carbons (Fsp3) is 0.424. The molecule has 0 saturated carbocycles. The van der Waals surface area contributed by atoms with Crippen molar-refractivity contribution in [1.29, 1.82) is 5.26 Å². The van der Waals surface area contributed by atoms with Crippen LogP contribution in [-0.2, 0) is 19.8 Å². The summed E-state index contributed by atoms with van der Waals surface area (Å²) in [6, 6.07) is 10.9. The van der Waals surface area contributed by atoms with Gasteiger partial charge in [-0.25, -0.2) is 0 Å². The van der Waals surface area contributed by atoms with E-state index in [0.29, 0.717) is 43.1 Å². The van der Waals surface area contributed by atoms with Crippen LogP contribution in [0.4, 0.5) is 8.78 Å². The number of amides is 3. The van der Waals surface area contributed by atoms with E-state index in [1.54, 1.807) is 15.9 Å². The van der Waals surface area contributed by atoms with Crippen LogP contribution in [0.1, 0.15) is 65.9 Å². The maximum atomic E-state index is 14.4. The minimum atomic E-state index is -5.80. The van der Waals surface area contributed by atoms with E-state index in [1.807, 2.05) is 0 Å². The number of nitrogens with zero attached hydrogens (tertiary/aromatic N) is 3. The predicted octanol–water partition coefficient (Wildman–Crippen LogP) is 3.55. The Kier molecular flexibility index (Phi) is 8.98. The molecular formula is C33H34F2N5O7P. The van der Waals surface area contributed by atoms with Crippen LogP contribution in [0.15, 0.2) is 59.5 Å². The van der Waals surface area contributed by atoms with E-state index >= 15 is 0 Å². The number of benzene rings is 2. The number of hydrogen-bond donors (Lipinski definition) is 4. The van der Waals surface area contributed by atoms with E-state index < -0.39 is 48.6 Å². The number of aromatic amines is 1. The Hall–Kier alpha value is -4.44. The summed E-state index contributed by atoms with van der Waals surface area (Å²) in [6.07, 6.45) is 5.02. The van der Waals surface area contributed by atoms with Gasteiger partial charge in [0.05, 0.1) is 12.0 Å². The van der Waals surface area contributed by atoms with Gasteiger partial charge in [0.25, 0.3) is 5.91 Å². The molecule has 3 aromatic rings. The molecule has 3 aliphatic rings. The lowest BCUT2D eigenvalue weighted by Crippen LogP contribution is -2.56. The fourth-order valence-corrected chi connectivity index (χ4v) is 7.72. The first-order valence-electron chi connectivity index (χ1n) is 15.8. The van der Waals surface area contributed by atoms with E-state index in [9.17, 15) is 37.8 Å². The molecule has 5 atom stereocenters. The second-order valence-electron chi connectivity index (χ2n) is 12.7. The van der Waals surface area contributed by atoms with Crippen LogP contribution in [0.3, 0.4) is 0 Å². The van der Waals surface area contributed by atoms with Gasteiger partial charge in [-0.2, -0.15) is 14.0 Å². The number of hydrogen-bond acceptors (Lipinski definition) is 6. The van der Waals surface area contributed by atoms with Crippen LogP contribution in [-0.4, -0.2) is 73.5 Å². The third-order valence-corrected chi connectivity index (χ3v) is 10.8. The maximum absolute atomic E-state index is 14.4. The number of carbonyl (C=O) groups is 3. The van der Waals surface area contributed by atoms with E-state index in [2.05, 4.69) is 16.4 Å². The summed E-state index contributed by atoms with van der Waals surface area (Å²) in [5, 5.41) is 13.2. The summed E-state index contributed by atoms with van der Waals surface area (Å²) >= 11 is 0. The standard InChI is InChI=1S/C33H34F2N5O7P/c34-33(35,48(45,46)47)24-8-7-19-5-6-21(13-22(19)14-24)30(42)38-27-4-2-1-3-25-9-10-28(40(25)31(27)43)32(44)39-17-23(16-36)26(18-39)20-11-12-37-29(41)15-20/h5-8,11-15,23,25-28H,1-4,9-10,17-18H2,(H,37,41)(H,38,42)(H2,45,46,47)/t23?,25-,26-,27-,28-/m0/s1. The zero-order valence-electron chi connectivity index (χ0n) is 25.7. The van der Waals surface area contributed by atoms with Gasteiger partial charge in [-0.05, 0) is 66.3 Å². The monoisotopic (exact) mass is 681 g/mol. The molecule has 12 nitrogen and oxygen atoms in total. The lowest BCUT2D eigenvalue weighted by atomic mass is 9.91. The molecule has 48 heavy (non-hydrogen) atoms. The molecule has 0 aliphatic carbocycles. The van der Waals surface area contributed by atoms with Crippen molar-refractivity contribution < 1.29 is 37.5 Å². The fourth-order valence-electron chi connectivity index (χ4n) is 7.25. The van der Waals surface area contributed by atoms with Gasteiger partial charge in [-0.1, -0.05) is 31.0 Å². The maximum Gasteiger partial charge on any atom is 0.399 e. The first kappa shape index (κ1) is 33.5. The number of nitriles is 1. The Morgan fingerprint density at radius 1 is 0.979 bits per heavy atom. The molecule has 15 heteroatoms. The van der Waals surface area contributed by atoms with Crippen LogP contribution >= 0.6 is 7.60 Å². The lowest BCUT2D eigenvalue weighted by molar-refractivity contribution is -0.146. The summed E-state index contributed by atoms with van der Waals surface area (Å²) < 4.78 is 40.2. The number of likely N-dealkylation sites (tertiary alicyclic amines) is 1. The SMILES string of the molecule is N#CC1CN(C(=O)[C@@H]2CC[C@@H]3CCCC[C@H](NC(=O)c4ccc5ccc(C(F)(F)P(=O)(O)O)cc5c4)C(=O)N32)C[C@H]1c1cc[nH]c(=O)c1. The summed E-state index contributed by atoms with van der Waals surface area (Å²) in [5.41, 5.74) is -4.89. The van der Waals surface area contributed by atoms with Crippen molar-refractivity contribution in [2.24, 2.45) is 5.92 Å². The Labute approximate surface area is 273 Å². The zero-order chi connectivity index (χ0) is 34.4. The highest BCUT2D eigenvalue weighted by Crippen LogP contribution is 2.59. The number of fused-ring (bicyclic) bond motifs is 2. The minimum absolute atomic E-state index is 0.0602. The third kappa shape index (κ3) is 6.25. The first-order valence-corrected chi connectivity index (χ1v) is 17.4. The highest BCUT2D eigenvalue weighted by molar-refractivity contribution is 7.52. The number of aromatic nitrogens is 1. The number of pyridine rings is 1. The summed E-state index contributed by atoms with van der Waals surface area (Å²) in [4.78, 5) is 77.4. The van der Waals surface area contributed by atoms with Gasteiger partial charge in [-0.15, -0.1) is 0 Å². The van der Waals surface area contributed by atoms with Crippen molar-refractivity contribution in [1.82, 2.24) is 20.1 Å². The largest absolute Gasteiger partial charge is 0.399 e. The molecule has 4 N–H and O–H groups in total. The van der Waals surface area contributed by atoms with Gasteiger partial charge >= 0.3 is 13.3 Å². The lowest BCUT2D eigenvalue weighted by Gasteiger charge is -2.36. The number of nitrogens with one attached hydrogen (secondary N) is 2. The third-order valence-electron chi connectivity index (χ3n) is 9.77. The molecule has 1 aromatic heterocycles. The molecule has 3 fully saturated rings. The van der Waals surface area contributed by atoms with Crippen molar-refractivity contribution >= 4 is 36.1 Å². The molecule has 2 aromatic carbocycles. The quantitative estimate of drug-likeness (QED) is 0.285. The van der Waals surface area contributed by atoms with E-state index in [0.717, 1.165) is 18.6 Å². The van der Waals surface area contributed by atoms with Gasteiger partial charge in [0, 0.05) is 48.4 Å². The molecule has 0 bridgehead atoms. The molecule has 3 amide bonds. The Bertz CT molecular complexity index is 1920. The van der Waals surface area contributed by atoms with Crippen molar-refractivity contribution in [3.63, 3.8) is 0 Å². The van der Waals surface area contributed by atoms with Crippen LogP contribution in [0.2, 0.25) is 0 Å². The normalized spacial score (nSPS) is 24.9. The molecule has 4 heterocycles. The molecule has 0 radical (unpaired) electrons. The van der Waals surface area contributed by atoms with Crippen molar-refractivity contribution in [2.45, 2.75) is 68.2 Å². The highest BCUT2D eigenvalue weighted by Gasteiger charge is 2.50. The van der Waals surface area contributed by atoms with Crippen LogP contribution in [0.5, 0.6) is 0 Å². The highest BCUT2D eigenvalue weighted by atomic mass is 31.2. The van der Waals surface area contributed by atoms with Crippen LogP contribution in [0.25, 0.3) is 10.8 Å². The van der Waals surface area contributed by atoms with Gasteiger partial charge in [0.2, 0.25) is 17.4 Å². The van der Waals surface area contributed by atoms with Gasteiger partial charge in [0.15, 0.2) is 0 Å². The van der Waals surface area contributed by atoms with Gasteiger partial charge in [-0.3, -0.25) is 23.7 Å².